The summed E-state index contributed by atoms with van der Waals surface area (Å²) in [5, 5.41) is 6.34. The third-order valence-corrected chi connectivity index (χ3v) is 7.03. The van der Waals surface area contributed by atoms with Crippen LogP contribution in [0.25, 0.3) is 16.7 Å². The van der Waals surface area contributed by atoms with Gasteiger partial charge in [0.1, 0.15) is 11.6 Å². The number of carbonyl (C=O) groups excluding carboxylic acids is 1. The van der Waals surface area contributed by atoms with Crippen LogP contribution in [-0.4, -0.2) is 65.7 Å². The average molecular weight is 544 g/mol. The number of hydrogen-bond acceptors (Lipinski definition) is 8. The van der Waals surface area contributed by atoms with Gasteiger partial charge in [0.25, 0.3) is 0 Å². The minimum absolute atomic E-state index is 0.182. The van der Waals surface area contributed by atoms with E-state index in [4.69, 9.17) is 4.74 Å². The van der Waals surface area contributed by atoms with Crippen LogP contribution in [0, 0.1) is 5.82 Å². The number of ether oxygens (including phenoxy) is 1. The van der Waals surface area contributed by atoms with Crippen LogP contribution in [0.4, 0.5) is 27.4 Å². The van der Waals surface area contributed by atoms with Gasteiger partial charge in [-0.25, -0.2) is 9.37 Å². The summed E-state index contributed by atoms with van der Waals surface area (Å²) in [6.07, 6.45) is 5.17. The molecule has 5 rings (SSSR count). The fourth-order valence-electron chi connectivity index (χ4n) is 4.88. The highest BCUT2D eigenvalue weighted by Crippen LogP contribution is 2.39. The van der Waals surface area contributed by atoms with Crippen molar-refractivity contribution >= 4 is 40.0 Å². The third kappa shape index (κ3) is 5.36. The predicted octanol–water partition coefficient (Wildman–Crippen LogP) is 3.94. The Morgan fingerprint density at radius 3 is 2.77 bits per heavy atom. The van der Waals surface area contributed by atoms with E-state index in [1.165, 1.54) is 30.5 Å². The quantitative estimate of drug-likeness (QED) is 0.322. The standard InChI is InChI=1S/C29H30FN7O3/c1-5-27(39)32-22-14-23(26(40-4)15-24(22)36(3)20-9-11-35(2)17-20)33-29-31-16-21-25(38)10-12-37(28(21)34-29)19-8-6-7-18(30)13-19/h5-8,10,12-16,20H,1,9,11,17H2,2-4H3,(H,32,39)(H,31,33,34). The molecule has 4 aromatic rings. The van der Waals surface area contributed by atoms with Gasteiger partial charge in [-0.05, 0) is 50.4 Å². The van der Waals surface area contributed by atoms with Gasteiger partial charge in [0.05, 0.1) is 29.6 Å². The van der Waals surface area contributed by atoms with E-state index in [1.807, 2.05) is 13.1 Å². The van der Waals surface area contributed by atoms with Crippen molar-refractivity contribution in [2.75, 3.05) is 49.8 Å². The van der Waals surface area contributed by atoms with Gasteiger partial charge in [-0.1, -0.05) is 12.6 Å². The number of anilines is 4. The number of nitrogens with zero attached hydrogens (tertiary/aromatic N) is 5. The molecule has 11 heteroatoms. The summed E-state index contributed by atoms with van der Waals surface area (Å²) in [5.74, 6) is -0.0783. The highest BCUT2D eigenvalue weighted by Gasteiger charge is 2.26. The molecule has 1 unspecified atom stereocenters. The highest BCUT2D eigenvalue weighted by atomic mass is 19.1. The van der Waals surface area contributed by atoms with E-state index in [9.17, 15) is 14.0 Å². The first-order valence-corrected chi connectivity index (χ1v) is 12.8. The number of likely N-dealkylation sites (tertiary alicyclic amines) is 1. The lowest BCUT2D eigenvalue weighted by molar-refractivity contribution is -0.111. The molecule has 2 aromatic heterocycles. The number of nitrogens with one attached hydrogen (secondary N) is 2. The minimum atomic E-state index is -0.412. The average Bonchev–Trinajstić information content (AvgIpc) is 3.39. The number of carbonyl (C=O) groups is 1. The number of likely N-dealkylation sites (N-methyl/N-ethyl adjacent to an activating group) is 2. The summed E-state index contributed by atoms with van der Waals surface area (Å²) in [5.41, 5.74) is 2.40. The number of pyridine rings is 1. The number of rotatable bonds is 8. The number of aromatic nitrogens is 3. The SMILES string of the molecule is C=CC(=O)Nc1cc(Nc2ncc3c(=O)ccn(-c4cccc(F)c4)c3n2)c(OC)cc1N(C)C1CCN(C)C1. The molecule has 1 amide bonds. The lowest BCUT2D eigenvalue weighted by atomic mass is 10.1. The van der Waals surface area contributed by atoms with Crippen molar-refractivity contribution in [3.8, 4) is 11.4 Å². The van der Waals surface area contributed by atoms with Crippen molar-refractivity contribution < 1.29 is 13.9 Å². The van der Waals surface area contributed by atoms with E-state index in [0.717, 1.165) is 25.2 Å². The zero-order valence-electron chi connectivity index (χ0n) is 22.5. The topological polar surface area (TPSA) is 105 Å². The number of amides is 1. The lowest BCUT2D eigenvalue weighted by Crippen LogP contribution is -2.34. The van der Waals surface area contributed by atoms with Crippen molar-refractivity contribution in [2.45, 2.75) is 12.5 Å². The number of benzene rings is 2. The molecule has 1 fully saturated rings. The van der Waals surface area contributed by atoms with Gasteiger partial charge >= 0.3 is 0 Å². The van der Waals surface area contributed by atoms with Gasteiger partial charge in [0, 0.05) is 49.8 Å². The molecule has 0 saturated carbocycles. The molecule has 1 aliphatic rings. The first-order chi connectivity index (χ1) is 19.3. The van der Waals surface area contributed by atoms with Crippen molar-refractivity contribution in [3.05, 3.63) is 83.6 Å². The van der Waals surface area contributed by atoms with Gasteiger partial charge in [0.15, 0.2) is 11.1 Å². The predicted molar refractivity (Wildman–Crippen MR) is 155 cm³/mol. The smallest absolute Gasteiger partial charge is 0.247 e. The second-order valence-corrected chi connectivity index (χ2v) is 9.66. The van der Waals surface area contributed by atoms with Crippen molar-refractivity contribution in [1.29, 1.82) is 0 Å². The van der Waals surface area contributed by atoms with Crippen LogP contribution in [0.2, 0.25) is 0 Å². The van der Waals surface area contributed by atoms with Crippen LogP contribution in [0.15, 0.2) is 72.3 Å². The molecule has 206 valence electrons. The van der Waals surface area contributed by atoms with Crippen molar-refractivity contribution in [3.63, 3.8) is 0 Å². The summed E-state index contributed by atoms with van der Waals surface area (Å²) in [4.78, 5) is 38.2. The Labute approximate surface area is 230 Å². The van der Waals surface area contributed by atoms with E-state index >= 15 is 0 Å². The zero-order valence-corrected chi connectivity index (χ0v) is 22.5. The van der Waals surface area contributed by atoms with Gasteiger partial charge in [0.2, 0.25) is 11.9 Å². The summed E-state index contributed by atoms with van der Waals surface area (Å²) in [6.45, 7) is 5.45. The van der Waals surface area contributed by atoms with Crippen LogP contribution < -0.4 is 25.7 Å². The largest absolute Gasteiger partial charge is 0.494 e. The molecular formula is C29H30FN7O3. The van der Waals surface area contributed by atoms with Crippen LogP contribution in [0.1, 0.15) is 6.42 Å². The molecule has 1 saturated heterocycles. The first kappa shape index (κ1) is 26.8. The molecule has 40 heavy (non-hydrogen) atoms. The molecule has 3 heterocycles. The highest BCUT2D eigenvalue weighted by molar-refractivity contribution is 6.02. The second-order valence-electron chi connectivity index (χ2n) is 9.66. The Balaban J connectivity index is 1.57. The Morgan fingerprint density at radius 2 is 2.08 bits per heavy atom. The molecule has 0 bridgehead atoms. The molecule has 1 atom stereocenters. The second kappa shape index (κ2) is 11.1. The van der Waals surface area contributed by atoms with Gasteiger partial charge in [-0.2, -0.15) is 4.98 Å². The molecule has 2 aromatic carbocycles. The Hall–Kier alpha value is -4.77. The van der Waals surface area contributed by atoms with E-state index in [2.05, 4.69) is 44.0 Å². The van der Waals surface area contributed by atoms with Crippen LogP contribution in [0.5, 0.6) is 5.75 Å². The number of hydrogen-bond donors (Lipinski definition) is 2. The van der Waals surface area contributed by atoms with E-state index in [1.54, 1.807) is 36.1 Å². The fraction of sp³-hybridized carbons (Fsp3) is 0.241. The van der Waals surface area contributed by atoms with E-state index in [-0.39, 0.29) is 28.7 Å². The van der Waals surface area contributed by atoms with Crippen molar-refractivity contribution in [2.24, 2.45) is 0 Å². The van der Waals surface area contributed by atoms with Crippen LogP contribution in [0.3, 0.4) is 0 Å². The van der Waals surface area contributed by atoms with Gasteiger partial charge < -0.3 is 29.7 Å². The van der Waals surface area contributed by atoms with Gasteiger partial charge in [-0.3, -0.25) is 9.59 Å². The summed E-state index contributed by atoms with van der Waals surface area (Å²) < 4.78 is 21.3. The summed E-state index contributed by atoms with van der Waals surface area (Å²) >= 11 is 0. The maximum Gasteiger partial charge on any atom is 0.247 e. The molecule has 0 aliphatic carbocycles. The Bertz CT molecular complexity index is 1650. The maximum atomic E-state index is 14.0. The van der Waals surface area contributed by atoms with Crippen LogP contribution in [-0.2, 0) is 4.79 Å². The van der Waals surface area contributed by atoms with Crippen LogP contribution >= 0.6 is 0 Å². The summed E-state index contributed by atoms with van der Waals surface area (Å²) in [7, 11) is 5.63. The number of fused-ring (bicyclic) bond motifs is 1. The third-order valence-electron chi connectivity index (χ3n) is 7.03. The first-order valence-electron chi connectivity index (χ1n) is 12.8. The van der Waals surface area contributed by atoms with E-state index < -0.39 is 5.82 Å². The van der Waals surface area contributed by atoms with Crippen molar-refractivity contribution in [1.82, 2.24) is 19.4 Å². The summed E-state index contributed by atoms with van der Waals surface area (Å²) in [6, 6.07) is 11.3. The number of halogens is 1. The molecular weight excluding hydrogens is 513 g/mol. The van der Waals surface area contributed by atoms with E-state index in [0.29, 0.717) is 28.5 Å². The molecule has 1 aliphatic heterocycles. The van der Waals surface area contributed by atoms with Gasteiger partial charge in [-0.15, -0.1) is 0 Å². The maximum absolute atomic E-state index is 14.0. The Morgan fingerprint density at radius 1 is 1.25 bits per heavy atom. The number of methoxy groups -OCH3 is 1. The lowest BCUT2D eigenvalue weighted by Gasteiger charge is -2.29. The molecule has 10 nitrogen and oxygen atoms in total. The normalized spacial score (nSPS) is 15.2. The minimum Gasteiger partial charge on any atom is -0.494 e. The zero-order chi connectivity index (χ0) is 28.4. The molecule has 2 N–H and O–H groups in total. The fourth-order valence-corrected chi connectivity index (χ4v) is 4.88. The molecule has 0 radical (unpaired) electrons. The Kier molecular flexibility index (Phi) is 7.47. The molecule has 0 spiro atoms. The monoisotopic (exact) mass is 543 g/mol.